The minimum atomic E-state index is -0.604. The highest BCUT2D eigenvalue weighted by Crippen LogP contribution is 2.22. The smallest absolute Gasteiger partial charge is 0.255 e. The van der Waals surface area contributed by atoms with E-state index in [0.717, 1.165) is 5.56 Å². The fraction of sp³-hybridized carbons (Fsp3) is 0.188. The second kappa shape index (κ2) is 7.43. The first-order chi connectivity index (χ1) is 10.1. The third-order valence-electron chi connectivity index (χ3n) is 3.04. The van der Waals surface area contributed by atoms with Gasteiger partial charge in [-0.25, -0.2) is 4.39 Å². The maximum absolute atomic E-state index is 13.5. The quantitative estimate of drug-likeness (QED) is 0.748. The van der Waals surface area contributed by atoms with E-state index in [-0.39, 0.29) is 16.5 Å². The summed E-state index contributed by atoms with van der Waals surface area (Å²) in [6, 6.07) is 13.7. The van der Waals surface area contributed by atoms with Gasteiger partial charge in [0.1, 0.15) is 5.82 Å². The van der Waals surface area contributed by atoms with Crippen molar-refractivity contribution in [2.24, 2.45) is 0 Å². The highest BCUT2D eigenvalue weighted by molar-refractivity contribution is 6.34. The Balaban J connectivity index is 2.25. The van der Waals surface area contributed by atoms with Crippen LogP contribution in [0.1, 0.15) is 15.9 Å². The monoisotopic (exact) mass is 325 g/mol. The molecule has 0 saturated heterocycles. The molecule has 0 unspecified atom stereocenters. The maximum atomic E-state index is 13.5. The lowest BCUT2D eigenvalue weighted by Crippen LogP contribution is -2.32. The van der Waals surface area contributed by atoms with Crippen molar-refractivity contribution in [2.45, 2.75) is 6.54 Å². The Kier molecular flexibility index (Phi) is 5.59. The van der Waals surface area contributed by atoms with Crippen LogP contribution in [0.5, 0.6) is 0 Å². The van der Waals surface area contributed by atoms with Crippen molar-refractivity contribution in [3.63, 3.8) is 0 Å². The zero-order chi connectivity index (χ0) is 15.2. The Morgan fingerprint density at radius 1 is 1.10 bits per heavy atom. The summed E-state index contributed by atoms with van der Waals surface area (Å²) in [5.41, 5.74) is 1.13. The predicted octanol–water partition coefficient (Wildman–Crippen LogP) is 4.36. The molecule has 0 radical (unpaired) electrons. The number of halogens is 3. The van der Waals surface area contributed by atoms with Crippen LogP contribution in [0.15, 0.2) is 48.5 Å². The van der Waals surface area contributed by atoms with Gasteiger partial charge in [-0.15, -0.1) is 11.6 Å². The molecular weight excluding hydrogens is 312 g/mol. The summed E-state index contributed by atoms with van der Waals surface area (Å²) in [7, 11) is 0. The molecule has 110 valence electrons. The summed E-state index contributed by atoms with van der Waals surface area (Å²) in [4.78, 5) is 14.1. The Morgan fingerprint density at radius 2 is 1.81 bits per heavy atom. The summed E-state index contributed by atoms with van der Waals surface area (Å²) in [5, 5.41) is -0.157. The lowest BCUT2D eigenvalue weighted by molar-refractivity contribution is 0.0753. The van der Waals surface area contributed by atoms with Crippen LogP contribution in [-0.2, 0) is 6.54 Å². The molecule has 0 fully saturated rings. The third-order valence-corrected chi connectivity index (χ3v) is 3.59. The minimum absolute atomic E-state index is 0.151. The molecule has 0 aliphatic rings. The highest BCUT2D eigenvalue weighted by atomic mass is 35.5. The van der Waals surface area contributed by atoms with Crippen molar-refractivity contribution < 1.29 is 9.18 Å². The van der Waals surface area contributed by atoms with Gasteiger partial charge in [0.05, 0.1) is 10.6 Å². The van der Waals surface area contributed by atoms with Gasteiger partial charge in [-0.05, 0) is 17.7 Å². The average molecular weight is 326 g/mol. The molecule has 2 nitrogen and oxygen atoms in total. The van der Waals surface area contributed by atoms with Gasteiger partial charge in [0.25, 0.3) is 5.91 Å². The van der Waals surface area contributed by atoms with Crippen LogP contribution in [0.4, 0.5) is 4.39 Å². The largest absolute Gasteiger partial charge is 0.333 e. The van der Waals surface area contributed by atoms with Gasteiger partial charge in [-0.3, -0.25) is 4.79 Å². The second-order valence-corrected chi connectivity index (χ2v) is 5.26. The molecule has 0 saturated carbocycles. The first-order valence-electron chi connectivity index (χ1n) is 6.46. The standard InChI is InChI=1S/C16H14Cl2FNO/c17-9-10-20(11-12-5-2-1-3-6-12)16(21)13-7-4-8-14(19)15(13)18/h1-8H,9-11H2. The van der Waals surface area contributed by atoms with Crippen LogP contribution in [0, 0.1) is 5.82 Å². The first kappa shape index (κ1) is 15.8. The van der Waals surface area contributed by atoms with Crippen LogP contribution in [0.2, 0.25) is 5.02 Å². The normalized spacial score (nSPS) is 10.4. The number of alkyl halides is 1. The Bertz CT molecular complexity index is 619. The molecule has 0 N–H and O–H groups in total. The molecule has 0 bridgehead atoms. The van der Waals surface area contributed by atoms with E-state index in [9.17, 15) is 9.18 Å². The number of carbonyl (C=O) groups excluding carboxylic acids is 1. The van der Waals surface area contributed by atoms with Gasteiger partial charge >= 0.3 is 0 Å². The number of hydrogen-bond acceptors (Lipinski definition) is 1. The number of hydrogen-bond donors (Lipinski definition) is 0. The van der Waals surface area contributed by atoms with Crippen LogP contribution >= 0.6 is 23.2 Å². The summed E-state index contributed by atoms with van der Waals surface area (Å²) < 4.78 is 13.5. The zero-order valence-electron chi connectivity index (χ0n) is 11.2. The van der Waals surface area contributed by atoms with Crippen LogP contribution < -0.4 is 0 Å². The minimum Gasteiger partial charge on any atom is -0.333 e. The number of rotatable bonds is 5. The Hall–Kier alpha value is -1.58. The SMILES string of the molecule is O=C(c1cccc(F)c1Cl)N(CCCl)Cc1ccccc1. The number of benzene rings is 2. The van der Waals surface area contributed by atoms with E-state index in [2.05, 4.69) is 0 Å². The van der Waals surface area contributed by atoms with Crippen LogP contribution in [0.3, 0.4) is 0 Å². The van der Waals surface area contributed by atoms with Crippen LogP contribution in [-0.4, -0.2) is 23.2 Å². The lowest BCUT2D eigenvalue weighted by atomic mass is 10.1. The van der Waals surface area contributed by atoms with Gasteiger partial charge in [-0.2, -0.15) is 0 Å². The fourth-order valence-electron chi connectivity index (χ4n) is 2.00. The van der Waals surface area contributed by atoms with E-state index in [1.807, 2.05) is 30.3 Å². The van der Waals surface area contributed by atoms with Crippen molar-refractivity contribution in [1.29, 1.82) is 0 Å². The zero-order valence-corrected chi connectivity index (χ0v) is 12.7. The van der Waals surface area contributed by atoms with Crippen molar-refractivity contribution in [1.82, 2.24) is 4.90 Å². The van der Waals surface area contributed by atoms with Gasteiger partial charge in [0.15, 0.2) is 0 Å². The fourth-order valence-corrected chi connectivity index (χ4v) is 2.41. The molecule has 0 aliphatic heterocycles. The number of amides is 1. The molecule has 0 aromatic heterocycles. The predicted molar refractivity (Wildman–Crippen MR) is 83.3 cm³/mol. The Morgan fingerprint density at radius 3 is 2.48 bits per heavy atom. The molecule has 2 aromatic rings. The first-order valence-corrected chi connectivity index (χ1v) is 7.38. The number of carbonyl (C=O) groups is 1. The molecule has 5 heteroatoms. The van der Waals surface area contributed by atoms with Gasteiger partial charge in [0, 0.05) is 19.0 Å². The third kappa shape index (κ3) is 3.96. The van der Waals surface area contributed by atoms with E-state index < -0.39 is 5.82 Å². The van der Waals surface area contributed by atoms with Gasteiger partial charge < -0.3 is 4.90 Å². The molecule has 1 amide bonds. The molecule has 0 heterocycles. The summed E-state index contributed by atoms with van der Waals surface area (Å²) in [6.45, 7) is 0.765. The van der Waals surface area contributed by atoms with E-state index in [0.29, 0.717) is 19.0 Å². The topological polar surface area (TPSA) is 20.3 Å². The molecule has 0 atom stereocenters. The maximum Gasteiger partial charge on any atom is 0.255 e. The molecular formula is C16H14Cl2FNO. The van der Waals surface area contributed by atoms with Crippen molar-refractivity contribution in [2.75, 3.05) is 12.4 Å². The van der Waals surface area contributed by atoms with Crippen molar-refractivity contribution in [3.8, 4) is 0 Å². The summed E-state index contributed by atoms with van der Waals surface area (Å²) in [5.74, 6) is -0.636. The van der Waals surface area contributed by atoms with Crippen LogP contribution in [0.25, 0.3) is 0 Å². The summed E-state index contributed by atoms with van der Waals surface area (Å²) in [6.07, 6.45) is 0. The average Bonchev–Trinajstić information content (AvgIpc) is 2.50. The van der Waals surface area contributed by atoms with E-state index in [4.69, 9.17) is 23.2 Å². The molecule has 2 aromatic carbocycles. The van der Waals surface area contributed by atoms with Gasteiger partial charge in [-0.1, -0.05) is 48.0 Å². The summed E-state index contributed by atoms with van der Waals surface area (Å²) >= 11 is 11.6. The lowest BCUT2D eigenvalue weighted by Gasteiger charge is -2.22. The highest BCUT2D eigenvalue weighted by Gasteiger charge is 2.20. The molecule has 0 spiro atoms. The van der Waals surface area contributed by atoms with Crippen molar-refractivity contribution >= 4 is 29.1 Å². The number of nitrogens with zero attached hydrogens (tertiary/aromatic N) is 1. The van der Waals surface area contributed by atoms with E-state index in [1.54, 1.807) is 4.90 Å². The molecule has 0 aliphatic carbocycles. The van der Waals surface area contributed by atoms with Crippen molar-refractivity contribution in [3.05, 3.63) is 70.5 Å². The van der Waals surface area contributed by atoms with E-state index in [1.165, 1.54) is 18.2 Å². The van der Waals surface area contributed by atoms with E-state index >= 15 is 0 Å². The molecule has 21 heavy (non-hydrogen) atoms. The second-order valence-electron chi connectivity index (χ2n) is 4.50. The molecule has 2 rings (SSSR count). The Labute approximate surface area is 133 Å². The van der Waals surface area contributed by atoms with Gasteiger partial charge in [0.2, 0.25) is 0 Å².